The minimum absolute atomic E-state index is 0.00288. The van der Waals surface area contributed by atoms with Crippen molar-refractivity contribution in [2.75, 3.05) is 39.8 Å². The molecule has 0 aromatic rings. The molecule has 0 aliphatic carbocycles. The first-order chi connectivity index (χ1) is 7.11. The SMILES string of the molecule is CC(=O)N(C)CCC(=O)N1CCNCC1. The van der Waals surface area contributed by atoms with Crippen molar-refractivity contribution >= 4 is 11.8 Å². The third-order valence-corrected chi connectivity index (χ3v) is 2.67. The van der Waals surface area contributed by atoms with Crippen LogP contribution in [0.5, 0.6) is 0 Å². The van der Waals surface area contributed by atoms with E-state index in [1.807, 2.05) is 4.90 Å². The van der Waals surface area contributed by atoms with Crippen LogP contribution in [0.25, 0.3) is 0 Å². The van der Waals surface area contributed by atoms with Gasteiger partial charge in [-0.1, -0.05) is 0 Å². The predicted molar refractivity (Wildman–Crippen MR) is 57.4 cm³/mol. The van der Waals surface area contributed by atoms with Crippen molar-refractivity contribution in [2.45, 2.75) is 13.3 Å². The van der Waals surface area contributed by atoms with Crippen molar-refractivity contribution in [1.29, 1.82) is 0 Å². The Hall–Kier alpha value is -1.10. The van der Waals surface area contributed by atoms with E-state index in [9.17, 15) is 9.59 Å². The van der Waals surface area contributed by atoms with Gasteiger partial charge in [-0.05, 0) is 0 Å². The number of piperazine rings is 1. The fraction of sp³-hybridized carbons (Fsp3) is 0.800. The van der Waals surface area contributed by atoms with Gasteiger partial charge in [0.2, 0.25) is 11.8 Å². The van der Waals surface area contributed by atoms with Gasteiger partial charge in [0.05, 0.1) is 0 Å². The summed E-state index contributed by atoms with van der Waals surface area (Å²) in [5.41, 5.74) is 0. The largest absolute Gasteiger partial charge is 0.345 e. The highest BCUT2D eigenvalue weighted by molar-refractivity contribution is 5.78. The maximum absolute atomic E-state index is 11.7. The van der Waals surface area contributed by atoms with E-state index in [-0.39, 0.29) is 11.8 Å². The van der Waals surface area contributed by atoms with Gasteiger partial charge in [0.25, 0.3) is 0 Å². The molecule has 1 saturated heterocycles. The number of nitrogens with zero attached hydrogens (tertiary/aromatic N) is 2. The van der Waals surface area contributed by atoms with Crippen LogP contribution in [-0.2, 0) is 9.59 Å². The quantitative estimate of drug-likeness (QED) is 0.673. The van der Waals surface area contributed by atoms with Gasteiger partial charge in [-0.3, -0.25) is 9.59 Å². The third-order valence-electron chi connectivity index (χ3n) is 2.67. The number of hydrogen-bond acceptors (Lipinski definition) is 3. The number of amides is 2. The number of carbonyl (C=O) groups is 2. The lowest BCUT2D eigenvalue weighted by Crippen LogP contribution is -2.47. The molecule has 1 rings (SSSR count). The molecule has 0 atom stereocenters. The van der Waals surface area contributed by atoms with Crippen LogP contribution in [0.15, 0.2) is 0 Å². The summed E-state index contributed by atoms with van der Waals surface area (Å²) in [6.45, 7) is 5.32. The van der Waals surface area contributed by atoms with Gasteiger partial charge in [0.15, 0.2) is 0 Å². The van der Waals surface area contributed by atoms with E-state index >= 15 is 0 Å². The molecule has 0 spiro atoms. The first kappa shape index (κ1) is 12.0. The van der Waals surface area contributed by atoms with Crippen LogP contribution in [0.1, 0.15) is 13.3 Å². The summed E-state index contributed by atoms with van der Waals surface area (Å²) in [6, 6.07) is 0. The van der Waals surface area contributed by atoms with E-state index in [2.05, 4.69) is 5.32 Å². The standard InChI is InChI=1S/C10H19N3O2/c1-9(14)12(2)6-3-10(15)13-7-4-11-5-8-13/h11H,3-8H2,1-2H3. The van der Waals surface area contributed by atoms with Gasteiger partial charge in [0, 0.05) is 53.1 Å². The Bertz CT molecular complexity index is 237. The zero-order valence-corrected chi connectivity index (χ0v) is 9.45. The lowest BCUT2D eigenvalue weighted by molar-refractivity contribution is -0.133. The molecule has 1 fully saturated rings. The number of rotatable bonds is 3. The topological polar surface area (TPSA) is 52.7 Å². The second kappa shape index (κ2) is 5.70. The lowest BCUT2D eigenvalue weighted by Gasteiger charge is -2.28. The van der Waals surface area contributed by atoms with Gasteiger partial charge < -0.3 is 15.1 Å². The molecule has 86 valence electrons. The van der Waals surface area contributed by atoms with Crippen molar-refractivity contribution < 1.29 is 9.59 Å². The molecule has 15 heavy (non-hydrogen) atoms. The zero-order chi connectivity index (χ0) is 11.3. The Morgan fingerprint density at radius 2 is 1.93 bits per heavy atom. The van der Waals surface area contributed by atoms with E-state index in [1.54, 1.807) is 11.9 Å². The summed E-state index contributed by atoms with van der Waals surface area (Å²) in [5, 5.41) is 3.19. The minimum Gasteiger partial charge on any atom is -0.345 e. The maximum atomic E-state index is 11.7. The highest BCUT2D eigenvalue weighted by atomic mass is 16.2. The predicted octanol–water partition coefficient (Wildman–Crippen LogP) is -0.713. The molecule has 0 bridgehead atoms. The second-order valence-electron chi connectivity index (χ2n) is 3.82. The first-order valence-corrected chi connectivity index (χ1v) is 5.31. The molecule has 5 heteroatoms. The Morgan fingerprint density at radius 1 is 1.33 bits per heavy atom. The van der Waals surface area contributed by atoms with E-state index in [0.717, 1.165) is 26.2 Å². The van der Waals surface area contributed by atoms with Crippen molar-refractivity contribution in [3.05, 3.63) is 0 Å². The summed E-state index contributed by atoms with van der Waals surface area (Å²) in [5.74, 6) is 0.146. The summed E-state index contributed by atoms with van der Waals surface area (Å²) in [4.78, 5) is 26.0. The van der Waals surface area contributed by atoms with E-state index < -0.39 is 0 Å². The van der Waals surface area contributed by atoms with Crippen LogP contribution < -0.4 is 5.32 Å². The molecular weight excluding hydrogens is 194 g/mol. The molecule has 0 unspecified atom stereocenters. The third kappa shape index (κ3) is 3.87. The molecular formula is C10H19N3O2. The number of nitrogens with one attached hydrogen (secondary N) is 1. The molecule has 1 heterocycles. The van der Waals surface area contributed by atoms with Crippen LogP contribution >= 0.6 is 0 Å². The van der Waals surface area contributed by atoms with Crippen LogP contribution in [0.4, 0.5) is 0 Å². The molecule has 0 saturated carbocycles. The molecule has 5 nitrogen and oxygen atoms in total. The molecule has 1 aliphatic rings. The molecule has 1 N–H and O–H groups in total. The van der Waals surface area contributed by atoms with E-state index in [4.69, 9.17) is 0 Å². The molecule has 0 radical (unpaired) electrons. The maximum Gasteiger partial charge on any atom is 0.224 e. The molecule has 1 aliphatic heterocycles. The fourth-order valence-corrected chi connectivity index (χ4v) is 1.49. The van der Waals surface area contributed by atoms with Crippen molar-refractivity contribution in [3.63, 3.8) is 0 Å². The highest BCUT2D eigenvalue weighted by Gasteiger charge is 2.16. The van der Waals surface area contributed by atoms with Crippen molar-refractivity contribution in [1.82, 2.24) is 15.1 Å². The molecule has 2 amide bonds. The Kier molecular flexibility index (Phi) is 4.55. The Morgan fingerprint density at radius 3 is 2.47 bits per heavy atom. The Labute approximate surface area is 90.4 Å². The van der Waals surface area contributed by atoms with E-state index in [1.165, 1.54) is 6.92 Å². The van der Waals surface area contributed by atoms with Crippen LogP contribution in [0.3, 0.4) is 0 Å². The second-order valence-corrected chi connectivity index (χ2v) is 3.82. The summed E-state index contributed by atoms with van der Waals surface area (Å²) in [6.07, 6.45) is 0.427. The lowest BCUT2D eigenvalue weighted by atomic mass is 10.3. The number of hydrogen-bond donors (Lipinski definition) is 1. The first-order valence-electron chi connectivity index (χ1n) is 5.31. The smallest absolute Gasteiger partial charge is 0.224 e. The summed E-state index contributed by atoms with van der Waals surface area (Å²) < 4.78 is 0. The van der Waals surface area contributed by atoms with Gasteiger partial charge in [-0.15, -0.1) is 0 Å². The van der Waals surface area contributed by atoms with Gasteiger partial charge in [-0.25, -0.2) is 0 Å². The normalized spacial score (nSPS) is 16.3. The van der Waals surface area contributed by atoms with Crippen molar-refractivity contribution in [2.24, 2.45) is 0 Å². The minimum atomic E-state index is 0.00288. The van der Waals surface area contributed by atoms with Crippen molar-refractivity contribution in [3.8, 4) is 0 Å². The van der Waals surface area contributed by atoms with Crippen LogP contribution in [-0.4, -0.2) is 61.4 Å². The van der Waals surface area contributed by atoms with Gasteiger partial charge >= 0.3 is 0 Å². The Balaban J connectivity index is 2.25. The average molecular weight is 213 g/mol. The molecule has 0 aromatic heterocycles. The van der Waals surface area contributed by atoms with Gasteiger partial charge in [0.1, 0.15) is 0 Å². The summed E-state index contributed by atoms with van der Waals surface area (Å²) in [7, 11) is 1.72. The zero-order valence-electron chi connectivity index (χ0n) is 9.45. The monoisotopic (exact) mass is 213 g/mol. The fourth-order valence-electron chi connectivity index (χ4n) is 1.49. The van der Waals surface area contributed by atoms with Crippen LogP contribution in [0, 0.1) is 0 Å². The highest BCUT2D eigenvalue weighted by Crippen LogP contribution is 1.98. The molecule has 0 aromatic carbocycles. The van der Waals surface area contributed by atoms with E-state index in [0.29, 0.717) is 13.0 Å². The average Bonchev–Trinajstić information content (AvgIpc) is 2.26. The van der Waals surface area contributed by atoms with Gasteiger partial charge in [-0.2, -0.15) is 0 Å². The van der Waals surface area contributed by atoms with Crippen LogP contribution in [0.2, 0.25) is 0 Å². The number of carbonyl (C=O) groups excluding carboxylic acids is 2. The summed E-state index contributed by atoms with van der Waals surface area (Å²) >= 11 is 0.